The summed E-state index contributed by atoms with van der Waals surface area (Å²) in [5.74, 6) is 0. The Hall–Kier alpha value is -0.980. The number of benzene rings is 1. The van der Waals surface area contributed by atoms with Crippen LogP contribution in [0.1, 0.15) is 31.7 Å². The lowest BCUT2D eigenvalue weighted by atomic mass is 10.0. The van der Waals surface area contributed by atoms with Crippen molar-refractivity contribution in [3.8, 4) is 0 Å². The highest BCUT2D eigenvalue weighted by Gasteiger charge is 2.17. The van der Waals surface area contributed by atoms with Crippen LogP contribution >= 0.6 is 0 Å². The van der Waals surface area contributed by atoms with E-state index in [2.05, 4.69) is 43.0 Å². The molecule has 1 nitrogen and oxygen atoms in total. The van der Waals surface area contributed by atoms with Crippen molar-refractivity contribution in [1.29, 1.82) is 0 Å². The smallest absolute Gasteiger partial charge is 0.0368 e. The molecule has 0 unspecified atom stereocenters. The summed E-state index contributed by atoms with van der Waals surface area (Å²) >= 11 is 0. The second-order valence-electron chi connectivity index (χ2n) is 4.37. The quantitative estimate of drug-likeness (QED) is 0.654. The molecule has 0 aliphatic carbocycles. The van der Waals surface area contributed by atoms with Gasteiger partial charge >= 0.3 is 0 Å². The summed E-state index contributed by atoms with van der Waals surface area (Å²) in [6.07, 6.45) is 4.08. The summed E-state index contributed by atoms with van der Waals surface area (Å²) in [5.41, 5.74) is 2.74. The third-order valence-electron chi connectivity index (χ3n) is 3.17. The molecule has 1 heterocycles. The summed E-state index contributed by atoms with van der Waals surface area (Å²) in [7, 11) is 0. The van der Waals surface area contributed by atoms with Gasteiger partial charge < -0.3 is 4.90 Å². The van der Waals surface area contributed by atoms with Gasteiger partial charge in [0.2, 0.25) is 0 Å². The van der Waals surface area contributed by atoms with E-state index in [0.717, 1.165) is 0 Å². The highest BCUT2D eigenvalue weighted by atomic mass is 15.2. The van der Waals surface area contributed by atoms with Gasteiger partial charge in [-0.05, 0) is 45.2 Å². The monoisotopic (exact) mass is 189 g/mol. The third kappa shape index (κ3) is 1.92. The van der Waals surface area contributed by atoms with Crippen molar-refractivity contribution in [1.82, 2.24) is 0 Å². The van der Waals surface area contributed by atoms with E-state index < -0.39 is 0 Å². The molecule has 1 heteroatoms. The Bertz CT molecular complexity index is 289. The predicted octanol–water partition coefficient (Wildman–Crippen LogP) is 3.37. The van der Waals surface area contributed by atoms with E-state index in [9.17, 15) is 0 Å². The van der Waals surface area contributed by atoms with Crippen LogP contribution in [0.3, 0.4) is 0 Å². The van der Waals surface area contributed by atoms with Crippen LogP contribution < -0.4 is 4.90 Å². The molecule has 14 heavy (non-hydrogen) atoms. The Morgan fingerprint density at radius 2 is 1.86 bits per heavy atom. The van der Waals surface area contributed by atoms with Crippen molar-refractivity contribution in [3.05, 3.63) is 29.8 Å². The lowest BCUT2D eigenvalue weighted by molar-refractivity contribution is 0.485. The van der Waals surface area contributed by atoms with E-state index in [1.807, 2.05) is 0 Å². The molecule has 1 atom stereocenters. The number of nitrogens with zero attached hydrogens (tertiary/aromatic N) is 1. The lowest BCUT2D eigenvalue weighted by Gasteiger charge is -2.35. The normalized spacial score (nSPS) is 22.4. The average molecular weight is 189 g/mol. The summed E-state index contributed by atoms with van der Waals surface area (Å²) in [6, 6.07) is 9.62. The van der Waals surface area contributed by atoms with E-state index in [1.54, 1.807) is 0 Å². The highest BCUT2D eigenvalue weighted by Crippen LogP contribution is 2.24. The Kier molecular flexibility index (Phi) is 2.76. The molecule has 1 aromatic rings. The maximum atomic E-state index is 2.53. The van der Waals surface area contributed by atoms with Gasteiger partial charge in [0, 0.05) is 18.3 Å². The van der Waals surface area contributed by atoms with Gasteiger partial charge in [0.05, 0.1) is 0 Å². The minimum atomic E-state index is 0.714. The third-order valence-corrected chi connectivity index (χ3v) is 3.17. The molecular formula is C13H19N. The van der Waals surface area contributed by atoms with Crippen molar-refractivity contribution < 1.29 is 0 Å². The Balaban J connectivity index is 2.16. The zero-order valence-corrected chi connectivity index (χ0v) is 9.16. The number of piperidine rings is 1. The molecule has 0 N–H and O–H groups in total. The fraction of sp³-hybridized carbons (Fsp3) is 0.538. The molecule has 0 bridgehead atoms. The van der Waals surface area contributed by atoms with Gasteiger partial charge in [0.1, 0.15) is 0 Å². The van der Waals surface area contributed by atoms with Crippen LogP contribution in [0, 0.1) is 6.92 Å². The maximum absolute atomic E-state index is 2.53. The molecule has 0 radical (unpaired) electrons. The van der Waals surface area contributed by atoms with E-state index >= 15 is 0 Å². The molecule has 0 spiro atoms. The van der Waals surface area contributed by atoms with Gasteiger partial charge in [0.15, 0.2) is 0 Å². The summed E-state index contributed by atoms with van der Waals surface area (Å²) < 4.78 is 0. The first-order chi connectivity index (χ1) is 6.77. The van der Waals surface area contributed by atoms with Gasteiger partial charge in [0.25, 0.3) is 0 Å². The number of anilines is 1. The first-order valence-electron chi connectivity index (χ1n) is 5.60. The maximum Gasteiger partial charge on any atom is 0.0368 e. The molecule has 1 aliphatic heterocycles. The summed E-state index contributed by atoms with van der Waals surface area (Å²) in [6.45, 7) is 5.70. The second-order valence-corrected chi connectivity index (χ2v) is 4.37. The predicted molar refractivity (Wildman–Crippen MR) is 61.8 cm³/mol. The molecule has 0 saturated carbocycles. The molecule has 1 aliphatic rings. The summed E-state index contributed by atoms with van der Waals surface area (Å²) in [4.78, 5) is 2.53. The van der Waals surface area contributed by atoms with E-state index in [4.69, 9.17) is 0 Å². The van der Waals surface area contributed by atoms with Crippen molar-refractivity contribution in [2.24, 2.45) is 0 Å². The number of hydrogen-bond acceptors (Lipinski definition) is 1. The molecule has 2 rings (SSSR count). The molecule has 76 valence electrons. The van der Waals surface area contributed by atoms with E-state index in [-0.39, 0.29) is 0 Å². The van der Waals surface area contributed by atoms with Crippen LogP contribution in [0.2, 0.25) is 0 Å². The van der Waals surface area contributed by atoms with Crippen LogP contribution in [0.5, 0.6) is 0 Å². The fourth-order valence-electron chi connectivity index (χ4n) is 2.22. The Morgan fingerprint density at radius 1 is 1.14 bits per heavy atom. The van der Waals surface area contributed by atoms with Gasteiger partial charge in [-0.2, -0.15) is 0 Å². The van der Waals surface area contributed by atoms with Crippen LogP contribution in [-0.4, -0.2) is 12.6 Å². The van der Waals surface area contributed by atoms with Crippen LogP contribution in [0.15, 0.2) is 24.3 Å². The lowest BCUT2D eigenvalue weighted by Crippen LogP contribution is -2.37. The largest absolute Gasteiger partial charge is 0.369 e. The molecule has 1 aromatic carbocycles. The minimum absolute atomic E-state index is 0.714. The zero-order valence-electron chi connectivity index (χ0n) is 9.16. The Labute approximate surface area is 86.7 Å². The average Bonchev–Trinajstić information content (AvgIpc) is 2.20. The molecule has 1 saturated heterocycles. The molecule has 0 aromatic heterocycles. The molecular weight excluding hydrogens is 170 g/mol. The van der Waals surface area contributed by atoms with Crippen molar-refractivity contribution >= 4 is 5.69 Å². The van der Waals surface area contributed by atoms with Crippen molar-refractivity contribution in [2.75, 3.05) is 11.4 Å². The van der Waals surface area contributed by atoms with Crippen LogP contribution in [0.4, 0.5) is 5.69 Å². The Morgan fingerprint density at radius 3 is 2.50 bits per heavy atom. The molecule has 1 fully saturated rings. The number of rotatable bonds is 1. The van der Waals surface area contributed by atoms with Crippen molar-refractivity contribution in [3.63, 3.8) is 0 Å². The standard InChI is InChI=1S/C13H19N/c1-11-6-8-13(9-7-11)14-10-4-3-5-12(14)2/h6-9,12H,3-5,10H2,1-2H3/t12-/m0/s1. The first kappa shape index (κ1) is 9.57. The highest BCUT2D eigenvalue weighted by molar-refractivity contribution is 5.48. The van der Waals surface area contributed by atoms with Crippen LogP contribution in [-0.2, 0) is 0 Å². The second kappa shape index (κ2) is 4.04. The minimum Gasteiger partial charge on any atom is -0.369 e. The van der Waals surface area contributed by atoms with Crippen LogP contribution in [0.25, 0.3) is 0 Å². The number of hydrogen-bond donors (Lipinski definition) is 0. The van der Waals surface area contributed by atoms with E-state index in [1.165, 1.54) is 37.1 Å². The van der Waals surface area contributed by atoms with Crippen molar-refractivity contribution in [2.45, 2.75) is 39.2 Å². The fourth-order valence-corrected chi connectivity index (χ4v) is 2.22. The van der Waals surface area contributed by atoms with Gasteiger partial charge in [-0.15, -0.1) is 0 Å². The SMILES string of the molecule is Cc1ccc(N2CCCC[C@@H]2C)cc1. The first-order valence-corrected chi connectivity index (χ1v) is 5.60. The van der Waals surface area contributed by atoms with Gasteiger partial charge in [-0.25, -0.2) is 0 Å². The number of aryl methyl sites for hydroxylation is 1. The zero-order chi connectivity index (χ0) is 9.97. The van der Waals surface area contributed by atoms with Gasteiger partial charge in [-0.1, -0.05) is 17.7 Å². The van der Waals surface area contributed by atoms with Gasteiger partial charge in [-0.3, -0.25) is 0 Å². The topological polar surface area (TPSA) is 3.24 Å². The van der Waals surface area contributed by atoms with E-state index in [0.29, 0.717) is 6.04 Å². The summed E-state index contributed by atoms with van der Waals surface area (Å²) in [5, 5.41) is 0. The molecule has 0 amide bonds.